The van der Waals surface area contributed by atoms with Crippen molar-refractivity contribution < 1.29 is 0 Å². The highest BCUT2D eigenvalue weighted by Crippen LogP contribution is 2.36. The molecule has 4 rings (SSSR count). The largest absolute Gasteiger partial charge is 0.0622 e. The van der Waals surface area contributed by atoms with E-state index in [0.29, 0.717) is 0 Å². The summed E-state index contributed by atoms with van der Waals surface area (Å²) in [7, 11) is 0. The lowest BCUT2D eigenvalue weighted by Crippen LogP contribution is -2.04. The summed E-state index contributed by atoms with van der Waals surface area (Å²) in [6.45, 7) is 2.17. The third kappa shape index (κ3) is 2.17. The molecule has 1 aliphatic rings. The van der Waals surface area contributed by atoms with E-state index in [1.807, 2.05) is 0 Å². The summed E-state index contributed by atoms with van der Waals surface area (Å²) in [5, 5.41) is 0. The first-order valence-corrected chi connectivity index (χ1v) is 7.59. The van der Waals surface area contributed by atoms with Gasteiger partial charge in [0.25, 0.3) is 0 Å². The lowest BCUT2D eigenvalue weighted by atomic mass is 9.83. The van der Waals surface area contributed by atoms with Crippen LogP contribution in [0, 0.1) is 6.92 Å². The van der Waals surface area contributed by atoms with E-state index in [0.717, 1.165) is 12.8 Å². The van der Waals surface area contributed by atoms with Crippen LogP contribution >= 0.6 is 0 Å². The summed E-state index contributed by atoms with van der Waals surface area (Å²) in [6.07, 6.45) is 2.30. The van der Waals surface area contributed by atoms with Gasteiger partial charge in [0.1, 0.15) is 0 Å². The second kappa shape index (κ2) is 4.89. The average molecular weight is 270 g/mol. The Morgan fingerprint density at radius 2 is 1.29 bits per heavy atom. The van der Waals surface area contributed by atoms with Crippen LogP contribution in [0.1, 0.15) is 16.7 Å². The molecule has 0 aromatic heterocycles. The zero-order valence-corrected chi connectivity index (χ0v) is 12.3. The van der Waals surface area contributed by atoms with Gasteiger partial charge in [-0.15, -0.1) is 0 Å². The molecule has 0 spiro atoms. The van der Waals surface area contributed by atoms with Gasteiger partial charge in [-0.05, 0) is 53.1 Å². The van der Waals surface area contributed by atoms with Gasteiger partial charge in [0.2, 0.25) is 0 Å². The average Bonchev–Trinajstić information content (AvgIpc) is 2.54. The second-order valence-electron chi connectivity index (χ2n) is 5.90. The van der Waals surface area contributed by atoms with Gasteiger partial charge in [0.15, 0.2) is 0 Å². The van der Waals surface area contributed by atoms with Crippen LogP contribution in [0.25, 0.3) is 22.3 Å². The predicted molar refractivity (Wildman–Crippen MR) is 89.5 cm³/mol. The molecule has 0 saturated heterocycles. The summed E-state index contributed by atoms with van der Waals surface area (Å²) in [6, 6.07) is 24.4. The van der Waals surface area contributed by atoms with Gasteiger partial charge in [-0.25, -0.2) is 0 Å². The highest BCUT2D eigenvalue weighted by atomic mass is 14.2. The molecule has 1 aliphatic carbocycles. The molecule has 0 fully saturated rings. The van der Waals surface area contributed by atoms with Crippen molar-refractivity contribution in [2.24, 2.45) is 0 Å². The van der Waals surface area contributed by atoms with Gasteiger partial charge in [0.05, 0.1) is 0 Å². The van der Waals surface area contributed by atoms with Crippen molar-refractivity contribution in [1.29, 1.82) is 0 Å². The topological polar surface area (TPSA) is 0 Å². The number of fused-ring (bicyclic) bond motifs is 3. The van der Waals surface area contributed by atoms with E-state index in [1.165, 1.54) is 38.9 Å². The maximum atomic E-state index is 2.37. The third-order valence-corrected chi connectivity index (χ3v) is 4.43. The lowest BCUT2D eigenvalue weighted by Gasteiger charge is -2.21. The molecule has 0 unspecified atom stereocenters. The fraction of sp³-hybridized carbons (Fsp3) is 0.143. The van der Waals surface area contributed by atoms with E-state index in [1.54, 1.807) is 0 Å². The van der Waals surface area contributed by atoms with Crippen molar-refractivity contribution in [3.05, 3.63) is 83.4 Å². The smallest absolute Gasteiger partial charge is 0.0149 e. The zero-order valence-electron chi connectivity index (χ0n) is 12.3. The first kappa shape index (κ1) is 12.4. The minimum atomic E-state index is 1.15. The van der Waals surface area contributed by atoms with Crippen molar-refractivity contribution in [2.45, 2.75) is 19.8 Å². The van der Waals surface area contributed by atoms with E-state index in [4.69, 9.17) is 0 Å². The number of rotatable bonds is 1. The molecule has 0 aliphatic heterocycles. The molecule has 0 saturated carbocycles. The Kier molecular flexibility index (Phi) is 2.89. The molecule has 0 radical (unpaired) electrons. The summed E-state index contributed by atoms with van der Waals surface area (Å²) >= 11 is 0. The van der Waals surface area contributed by atoms with Crippen molar-refractivity contribution in [1.82, 2.24) is 0 Å². The van der Waals surface area contributed by atoms with Gasteiger partial charge in [-0.1, -0.05) is 72.3 Å². The Labute approximate surface area is 126 Å². The van der Waals surface area contributed by atoms with Crippen LogP contribution in [0.3, 0.4) is 0 Å². The summed E-state index contributed by atoms with van der Waals surface area (Å²) in [5.41, 5.74) is 9.79. The molecule has 21 heavy (non-hydrogen) atoms. The molecule has 3 aromatic carbocycles. The zero-order chi connectivity index (χ0) is 14.2. The fourth-order valence-electron chi connectivity index (χ4n) is 3.33. The van der Waals surface area contributed by atoms with Crippen LogP contribution in [-0.4, -0.2) is 0 Å². The van der Waals surface area contributed by atoms with Gasteiger partial charge in [0, 0.05) is 0 Å². The van der Waals surface area contributed by atoms with Crippen LogP contribution in [0.15, 0.2) is 66.7 Å². The molecule has 0 N–H and O–H groups in total. The van der Waals surface area contributed by atoms with Gasteiger partial charge >= 0.3 is 0 Å². The summed E-state index contributed by atoms with van der Waals surface area (Å²) in [4.78, 5) is 0. The second-order valence-corrected chi connectivity index (χ2v) is 5.90. The Hall–Kier alpha value is -2.34. The minimum absolute atomic E-state index is 1.15. The van der Waals surface area contributed by atoms with Crippen molar-refractivity contribution in [2.75, 3.05) is 0 Å². The van der Waals surface area contributed by atoms with Gasteiger partial charge in [-0.2, -0.15) is 0 Å². The van der Waals surface area contributed by atoms with Crippen molar-refractivity contribution in [3.63, 3.8) is 0 Å². The normalized spacial score (nSPS) is 12.6. The standard InChI is InChI=1S/C21H18/c1-15-7-11-20-18(13-15)8-9-19-14-17(10-12-21(19)20)16-5-3-2-4-6-16/h2-7,10-14H,8-9H2,1H3. The highest BCUT2D eigenvalue weighted by molar-refractivity contribution is 5.77. The van der Waals surface area contributed by atoms with Crippen LogP contribution < -0.4 is 0 Å². The fourth-order valence-corrected chi connectivity index (χ4v) is 3.33. The molecular weight excluding hydrogens is 252 g/mol. The summed E-state index contributed by atoms with van der Waals surface area (Å²) < 4.78 is 0. The van der Waals surface area contributed by atoms with Crippen LogP contribution in [0.5, 0.6) is 0 Å². The highest BCUT2D eigenvalue weighted by Gasteiger charge is 2.16. The Morgan fingerprint density at radius 1 is 0.619 bits per heavy atom. The Morgan fingerprint density at radius 3 is 2.05 bits per heavy atom. The maximum absolute atomic E-state index is 2.37. The third-order valence-electron chi connectivity index (χ3n) is 4.43. The number of hydrogen-bond acceptors (Lipinski definition) is 0. The van der Waals surface area contributed by atoms with E-state index in [-0.39, 0.29) is 0 Å². The molecule has 102 valence electrons. The molecule has 3 aromatic rings. The number of benzene rings is 3. The van der Waals surface area contributed by atoms with Gasteiger partial charge in [-0.3, -0.25) is 0 Å². The maximum Gasteiger partial charge on any atom is -0.0149 e. The van der Waals surface area contributed by atoms with Crippen LogP contribution in [0.4, 0.5) is 0 Å². The number of aryl methyl sites for hydroxylation is 3. The molecule has 0 heteroatoms. The minimum Gasteiger partial charge on any atom is -0.0622 e. The molecule has 0 amide bonds. The van der Waals surface area contributed by atoms with Crippen LogP contribution in [-0.2, 0) is 12.8 Å². The number of hydrogen-bond donors (Lipinski definition) is 0. The molecule has 0 nitrogen and oxygen atoms in total. The van der Waals surface area contributed by atoms with Crippen molar-refractivity contribution >= 4 is 0 Å². The monoisotopic (exact) mass is 270 g/mol. The quantitative estimate of drug-likeness (QED) is 0.553. The molecule has 0 atom stereocenters. The first-order valence-electron chi connectivity index (χ1n) is 7.59. The van der Waals surface area contributed by atoms with Gasteiger partial charge < -0.3 is 0 Å². The van der Waals surface area contributed by atoms with Crippen LogP contribution in [0.2, 0.25) is 0 Å². The Bertz CT molecular complexity index is 798. The van der Waals surface area contributed by atoms with E-state index in [9.17, 15) is 0 Å². The SMILES string of the molecule is Cc1ccc2c(c1)CCc1cc(-c3ccccc3)ccc1-2. The van der Waals surface area contributed by atoms with E-state index >= 15 is 0 Å². The predicted octanol–water partition coefficient (Wildman–Crippen LogP) is 5.43. The first-order chi connectivity index (χ1) is 10.3. The Balaban J connectivity index is 1.83. The summed E-state index contributed by atoms with van der Waals surface area (Å²) in [5.74, 6) is 0. The van der Waals surface area contributed by atoms with E-state index in [2.05, 4.69) is 73.7 Å². The molecule has 0 bridgehead atoms. The molecule has 0 heterocycles. The lowest BCUT2D eigenvalue weighted by molar-refractivity contribution is 0.940. The van der Waals surface area contributed by atoms with Crippen molar-refractivity contribution in [3.8, 4) is 22.3 Å². The molecular formula is C21H18. The van der Waals surface area contributed by atoms with E-state index < -0.39 is 0 Å².